The predicted octanol–water partition coefficient (Wildman–Crippen LogP) is 1.65. The molecular weight excluding hydrogens is 214 g/mol. The second kappa shape index (κ2) is 4.93. The minimum atomic E-state index is -3.28. The first kappa shape index (κ1) is 11.7. The summed E-state index contributed by atoms with van der Waals surface area (Å²) in [5.41, 5.74) is 0.875. The van der Waals surface area contributed by atoms with E-state index in [-0.39, 0.29) is 5.75 Å². The Labute approximate surface area is 89.4 Å². The van der Waals surface area contributed by atoms with Crippen molar-refractivity contribution in [2.24, 2.45) is 0 Å². The molecule has 1 N–H and O–H groups in total. The number of aldehydes is 1. The fraction of sp³-hybridized carbons (Fsp3) is 0.300. The van der Waals surface area contributed by atoms with Gasteiger partial charge in [0.25, 0.3) is 0 Å². The van der Waals surface area contributed by atoms with E-state index in [4.69, 9.17) is 0 Å². The van der Waals surface area contributed by atoms with E-state index in [0.717, 1.165) is 0 Å². The van der Waals surface area contributed by atoms with Gasteiger partial charge in [0.05, 0.1) is 5.75 Å². The van der Waals surface area contributed by atoms with Crippen LogP contribution in [0.1, 0.15) is 23.7 Å². The summed E-state index contributed by atoms with van der Waals surface area (Å²) in [4.78, 5) is 10.5. The quantitative estimate of drug-likeness (QED) is 0.778. The lowest BCUT2D eigenvalue weighted by atomic mass is 10.2. The highest BCUT2D eigenvalue weighted by molar-refractivity contribution is 7.92. The summed E-state index contributed by atoms with van der Waals surface area (Å²) in [5, 5.41) is 0. The third-order valence-electron chi connectivity index (χ3n) is 1.77. The van der Waals surface area contributed by atoms with Gasteiger partial charge in [0.2, 0.25) is 10.0 Å². The molecule has 4 nitrogen and oxygen atoms in total. The van der Waals surface area contributed by atoms with Gasteiger partial charge in [-0.3, -0.25) is 9.52 Å². The molecule has 0 saturated carbocycles. The summed E-state index contributed by atoms with van der Waals surface area (Å²) in [6.07, 6.45) is 1.24. The number of benzene rings is 1. The highest BCUT2D eigenvalue weighted by atomic mass is 32.2. The van der Waals surface area contributed by atoms with Crippen molar-refractivity contribution in [2.75, 3.05) is 10.5 Å². The first-order valence-electron chi connectivity index (χ1n) is 4.63. The van der Waals surface area contributed by atoms with Crippen LogP contribution < -0.4 is 4.72 Å². The van der Waals surface area contributed by atoms with Crippen molar-refractivity contribution in [3.63, 3.8) is 0 Å². The zero-order valence-electron chi connectivity index (χ0n) is 8.43. The molecule has 0 saturated heterocycles. The van der Waals surface area contributed by atoms with Gasteiger partial charge in [0, 0.05) is 11.3 Å². The average Bonchev–Trinajstić information content (AvgIpc) is 2.17. The highest BCUT2D eigenvalue weighted by Crippen LogP contribution is 2.11. The van der Waals surface area contributed by atoms with Crippen LogP contribution in [-0.4, -0.2) is 20.5 Å². The molecule has 0 aliphatic heterocycles. The van der Waals surface area contributed by atoms with Gasteiger partial charge in [-0.2, -0.15) is 0 Å². The number of nitrogens with one attached hydrogen (secondary N) is 1. The number of hydrogen-bond donors (Lipinski definition) is 1. The molecule has 0 aromatic heterocycles. The number of carbonyl (C=O) groups excluding carboxylic acids is 1. The van der Waals surface area contributed by atoms with Crippen molar-refractivity contribution in [2.45, 2.75) is 13.3 Å². The molecule has 0 heterocycles. The molecule has 15 heavy (non-hydrogen) atoms. The van der Waals surface area contributed by atoms with Crippen LogP contribution in [0.25, 0.3) is 0 Å². The zero-order valence-corrected chi connectivity index (χ0v) is 9.25. The van der Waals surface area contributed by atoms with Gasteiger partial charge in [-0.15, -0.1) is 0 Å². The van der Waals surface area contributed by atoms with E-state index in [1.165, 1.54) is 6.07 Å². The van der Waals surface area contributed by atoms with Crippen LogP contribution in [0.15, 0.2) is 24.3 Å². The summed E-state index contributed by atoms with van der Waals surface area (Å²) in [7, 11) is -3.28. The fourth-order valence-corrected chi connectivity index (χ4v) is 2.30. The Bertz CT molecular complexity index is 440. The van der Waals surface area contributed by atoms with Crippen LogP contribution in [0.4, 0.5) is 5.69 Å². The van der Waals surface area contributed by atoms with E-state index in [9.17, 15) is 13.2 Å². The molecule has 1 rings (SSSR count). The minimum absolute atomic E-state index is 0.0817. The Morgan fingerprint density at radius 1 is 1.40 bits per heavy atom. The number of carbonyl (C=O) groups is 1. The molecular formula is C10H13NO3S. The van der Waals surface area contributed by atoms with E-state index in [0.29, 0.717) is 24.0 Å². The van der Waals surface area contributed by atoms with Crippen LogP contribution in [0.5, 0.6) is 0 Å². The minimum Gasteiger partial charge on any atom is -0.298 e. The van der Waals surface area contributed by atoms with Gasteiger partial charge >= 0.3 is 0 Å². The normalized spacial score (nSPS) is 11.0. The second-order valence-electron chi connectivity index (χ2n) is 3.16. The summed E-state index contributed by atoms with van der Waals surface area (Å²) in [5.74, 6) is 0.0817. The first-order valence-corrected chi connectivity index (χ1v) is 6.28. The van der Waals surface area contributed by atoms with Crippen LogP contribution in [0, 0.1) is 0 Å². The van der Waals surface area contributed by atoms with E-state index in [1.54, 1.807) is 25.1 Å². The number of hydrogen-bond acceptors (Lipinski definition) is 3. The van der Waals surface area contributed by atoms with Gasteiger partial charge in [-0.1, -0.05) is 19.1 Å². The maximum absolute atomic E-state index is 11.4. The molecule has 82 valence electrons. The molecule has 0 amide bonds. The Hall–Kier alpha value is -1.36. The van der Waals surface area contributed by atoms with Gasteiger partial charge in [0.1, 0.15) is 6.29 Å². The monoisotopic (exact) mass is 227 g/mol. The predicted molar refractivity (Wildman–Crippen MR) is 59.5 cm³/mol. The van der Waals surface area contributed by atoms with E-state index in [2.05, 4.69) is 4.72 Å². The van der Waals surface area contributed by atoms with Gasteiger partial charge in [0.15, 0.2) is 0 Å². The molecule has 0 aliphatic rings. The lowest BCUT2D eigenvalue weighted by Crippen LogP contribution is -2.16. The van der Waals surface area contributed by atoms with Gasteiger partial charge in [-0.05, 0) is 18.6 Å². The van der Waals surface area contributed by atoms with E-state index < -0.39 is 10.0 Å². The Morgan fingerprint density at radius 3 is 2.73 bits per heavy atom. The smallest absolute Gasteiger partial charge is 0.232 e. The fourth-order valence-electron chi connectivity index (χ4n) is 1.17. The molecule has 0 unspecified atom stereocenters. The third kappa shape index (κ3) is 3.71. The van der Waals surface area contributed by atoms with Crippen molar-refractivity contribution >= 4 is 22.0 Å². The van der Waals surface area contributed by atoms with Gasteiger partial charge in [-0.25, -0.2) is 8.42 Å². The molecule has 1 aromatic carbocycles. The van der Waals surface area contributed by atoms with Crippen LogP contribution in [0.2, 0.25) is 0 Å². The molecule has 0 bridgehead atoms. The maximum atomic E-state index is 11.4. The molecule has 0 fully saturated rings. The second-order valence-corrected chi connectivity index (χ2v) is 5.01. The van der Waals surface area contributed by atoms with Gasteiger partial charge < -0.3 is 0 Å². The third-order valence-corrected chi connectivity index (χ3v) is 3.26. The zero-order chi connectivity index (χ0) is 11.3. The Morgan fingerprint density at radius 2 is 2.13 bits per heavy atom. The number of sulfonamides is 1. The summed E-state index contributed by atoms with van der Waals surface area (Å²) < 4.78 is 25.2. The van der Waals surface area contributed by atoms with E-state index >= 15 is 0 Å². The molecule has 0 radical (unpaired) electrons. The molecule has 5 heteroatoms. The topological polar surface area (TPSA) is 63.2 Å². The average molecular weight is 227 g/mol. The maximum Gasteiger partial charge on any atom is 0.232 e. The summed E-state index contributed by atoms with van der Waals surface area (Å²) >= 11 is 0. The van der Waals surface area contributed by atoms with Crippen LogP contribution in [0.3, 0.4) is 0 Å². The molecule has 0 atom stereocenters. The molecule has 0 spiro atoms. The van der Waals surface area contributed by atoms with Crippen LogP contribution >= 0.6 is 0 Å². The van der Waals surface area contributed by atoms with Crippen molar-refractivity contribution in [3.8, 4) is 0 Å². The summed E-state index contributed by atoms with van der Waals surface area (Å²) in [6.45, 7) is 1.79. The van der Waals surface area contributed by atoms with Crippen molar-refractivity contribution in [1.82, 2.24) is 0 Å². The first-order chi connectivity index (χ1) is 7.07. The van der Waals surface area contributed by atoms with Crippen molar-refractivity contribution in [3.05, 3.63) is 29.8 Å². The Kier molecular flexibility index (Phi) is 3.85. The lowest BCUT2D eigenvalue weighted by molar-refractivity contribution is 0.112. The van der Waals surface area contributed by atoms with E-state index in [1.807, 2.05) is 0 Å². The highest BCUT2D eigenvalue weighted by Gasteiger charge is 2.08. The van der Waals surface area contributed by atoms with Crippen molar-refractivity contribution in [1.29, 1.82) is 0 Å². The number of rotatable bonds is 5. The molecule has 0 aliphatic carbocycles. The lowest BCUT2D eigenvalue weighted by Gasteiger charge is -2.06. The Balaban J connectivity index is 2.85. The summed E-state index contributed by atoms with van der Waals surface area (Å²) in [6, 6.07) is 6.36. The molecule has 1 aromatic rings. The SMILES string of the molecule is CCCS(=O)(=O)Nc1cccc(C=O)c1. The largest absolute Gasteiger partial charge is 0.298 e. The standard InChI is InChI=1S/C10H13NO3S/c1-2-6-15(13,14)11-10-5-3-4-9(7-10)8-12/h3-5,7-8,11H,2,6H2,1H3. The number of anilines is 1. The van der Waals surface area contributed by atoms with Crippen molar-refractivity contribution < 1.29 is 13.2 Å². The van der Waals surface area contributed by atoms with Crippen LogP contribution in [-0.2, 0) is 10.0 Å².